The fraction of sp³-hybridized carbons (Fsp3) is 0.300. The summed E-state index contributed by atoms with van der Waals surface area (Å²) in [5, 5.41) is 10.1. The van der Waals surface area contributed by atoms with Crippen LogP contribution >= 0.6 is 0 Å². The van der Waals surface area contributed by atoms with Gasteiger partial charge in [-0.25, -0.2) is 10.4 Å². The zero-order chi connectivity index (χ0) is 11.7. The molecule has 0 radical (unpaired) electrons. The molecule has 1 aliphatic rings. The summed E-state index contributed by atoms with van der Waals surface area (Å²) >= 11 is 0. The first-order valence-electron chi connectivity index (χ1n) is 4.80. The van der Waals surface area contributed by atoms with Crippen LogP contribution in [-0.4, -0.2) is 28.4 Å². The molecular formula is C10H11N3O3. The third-order valence-corrected chi connectivity index (χ3v) is 2.37. The number of Topliss-reactive ketones (excluding diaryl/α,β-unsaturated/α-hetero) is 1. The number of carboxylic acids is 1. The van der Waals surface area contributed by atoms with Crippen molar-refractivity contribution in [3.05, 3.63) is 23.9 Å². The Bertz CT molecular complexity index is 447. The number of hydrazine groups is 1. The highest BCUT2D eigenvalue weighted by molar-refractivity contribution is 5.87. The normalized spacial score (nSPS) is 18.3. The summed E-state index contributed by atoms with van der Waals surface area (Å²) < 4.78 is 0. The minimum Gasteiger partial charge on any atom is -0.480 e. The zero-order valence-electron chi connectivity index (χ0n) is 8.67. The number of nitrogens with one attached hydrogen (secondary N) is 1. The number of hydrogen-bond acceptors (Lipinski definition) is 5. The lowest BCUT2D eigenvalue weighted by molar-refractivity contribution is -0.135. The Morgan fingerprint density at radius 2 is 2.38 bits per heavy atom. The van der Waals surface area contributed by atoms with Gasteiger partial charge in [0.25, 0.3) is 0 Å². The Kier molecular flexibility index (Phi) is 2.57. The third-order valence-electron chi connectivity index (χ3n) is 2.37. The van der Waals surface area contributed by atoms with Gasteiger partial charge < -0.3 is 5.11 Å². The molecule has 1 unspecified atom stereocenters. The molecule has 1 atom stereocenters. The van der Waals surface area contributed by atoms with E-state index >= 15 is 0 Å². The molecule has 0 amide bonds. The number of rotatable bonds is 3. The summed E-state index contributed by atoms with van der Waals surface area (Å²) in [6.07, 6.45) is 1.57. The molecule has 0 saturated carbocycles. The minimum atomic E-state index is -0.978. The van der Waals surface area contributed by atoms with Crippen LogP contribution < -0.4 is 10.4 Å². The van der Waals surface area contributed by atoms with Crippen molar-refractivity contribution in [2.75, 3.05) is 11.6 Å². The number of anilines is 1. The van der Waals surface area contributed by atoms with Gasteiger partial charge in [0.1, 0.15) is 18.4 Å². The number of ketones is 1. The quantitative estimate of drug-likeness (QED) is 0.754. The van der Waals surface area contributed by atoms with Crippen molar-refractivity contribution in [3.8, 4) is 0 Å². The lowest BCUT2D eigenvalue weighted by Gasteiger charge is -2.16. The molecule has 6 heteroatoms. The van der Waals surface area contributed by atoms with Crippen LogP contribution in [0.5, 0.6) is 0 Å². The Labute approximate surface area is 91.9 Å². The largest absolute Gasteiger partial charge is 0.480 e. The molecule has 84 valence electrons. The monoisotopic (exact) mass is 221 g/mol. The average Bonchev–Trinajstić information content (AvgIpc) is 2.57. The zero-order valence-corrected chi connectivity index (χ0v) is 8.67. The Morgan fingerprint density at radius 3 is 3.00 bits per heavy atom. The molecule has 2 N–H and O–H groups in total. The molecule has 2 rings (SSSR count). The molecular weight excluding hydrogens is 210 g/mol. The van der Waals surface area contributed by atoms with Crippen LogP contribution in [0.3, 0.4) is 0 Å². The summed E-state index contributed by atoms with van der Waals surface area (Å²) in [5.41, 5.74) is 3.55. The highest BCUT2D eigenvalue weighted by atomic mass is 16.4. The first-order valence-corrected chi connectivity index (χ1v) is 4.80. The maximum atomic E-state index is 11.4. The predicted octanol–water partition coefficient (Wildman–Crippen LogP) is 0.121. The molecule has 1 aromatic heterocycles. The van der Waals surface area contributed by atoms with E-state index in [4.69, 9.17) is 5.11 Å². The number of pyridine rings is 1. The maximum absolute atomic E-state index is 11.4. The van der Waals surface area contributed by atoms with Gasteiger partial charge in [0.2, 0.25) is 0 Å². The van der Waals surface area contributed by atoms with Gasteiger partial charge in [-0.3, -0.25) is 14.6 Å². The van der Waals surface area contributed by atoms with E-state index in [0.29, 0.717) is 5.82 Å². The number of aliphatic carboxylic acids is 1. The Morgan fingerprint density at radius 1 is 1.62 bits per heavy atom. The van der Waals surface area contributed by atoms with Crippen molar-refractivity contribution < 1.29 is 14.7 Å². The summed E-state index contributed by atoms with van der Waals surface area (Å²) in [5.74, 6) is -0.541. The number of fused-ring (bicyclic) bond motifs is 1. The first-order chi connectivity index (χ1) is 7.59. The fourth-order valence-electron chi connectivity index (χ4n) is 1.71. The summed E-state index contributed by atoms with van der Waals surface area (Å²) in [7, 11) is 0. The number of aromatic nitrogens is 1. The van der Waals surface area contributed by atoms with Gasteiger partial charge in [-0.1, -0.05) is 6.07 Å². The van der Waals surface area contributed by atoms with Gasteiger partial charge in [0.15, 0.2) is 5.78 Å². The Balaban J connectivity index is 2.35. The lowest BCUT2D eigenvalue weighted by Crippen LogP contribution is -2.40. The van der Waals surface area contributed by atoms with E-state index in [2.05, 4.69) is 10.4 Å². The van der Waals surface area contributed by atoms with Crippen molar-refractivity contribution >= 4 is 17.6 Å². The van der Waals surface area contributed by atoms with E-state index in [1.165, 1.54) is 11.9 Å². The molecule has 0 aromatic carbocycles. The smallest absolute Gasteiger partial charge is 0.324 e. The van der Waals surface area contributed by atoms with Crippen LogP contribution in [-0.2, 0) is 9.59 Å². The van der Waals surface area contributed by atoms with Gasteiger partial charge in [0, 0.05) is 11.8 Å². The van der Waals surface area contributed by atoms with Crippen LogP contribution in [0, 0.1) is 0 Å². The van der Waals surface area contributed by atoms with Crippen molar-refractivity contribution in [1.29, 1.82) is 0 Å². The Hall–Kier alpha value is -1.95. The van der Waals surface area contributed by atoms with E-state index in [1.807, 2.05) is 0 Å². The summed E-state index contributed by atoms with van der Waals surface area (Å²) in [6.45, 7) is 1.23. The molecule has 1 aromatic rings. The van der Waals surface area contributed by atoms with E-state index in [9.17, 15) is 9.59 Å². The van der Waals surface area contributed by atoms with E-state index < -0.39 is 12.0 Å². The van der Waals surface area contributed by atoms with Crippen LogP contribution in [0.15, 0.2) is 18.3 Å². The van der Waals surface area contributed by atoms with Gasteiger partial charge in [-0.2, -0.15) is 0 Å². The average molecular weight is 221 g/mol. The maximum Gasteiger partial charge on any atom is 0.324 e. The standard InChI is InChI=1S/C10H11N3O3/c1-6(14)9-7-3-2-4-11-10(7)13(12-9)5-8(15)16/h2-4,9,12H,5H2,1H3,(H,15,16). The van der Waals surface area contributed by atoms with Gasteiger partial charge in [-0.15, -0.1) is 0 Å². The SMILES string of the molecule is CC(=O)C1NN(CC(=O)O)c2ncccc21. The number of carbonyl (C=O) groups is 2. The molecule has 0 aliphatic carbocycles. The number of carbonyl (C=O) groups excluding carboxylic acids is 1. The van der Waals surface area contributed by atoms with Crippen molar-refractivity contribution in [3.63, 3.8) is 0 Å². The van der Waals surface area contributed by atoms with E-state index in [0.717, 1.165) is 5.56 Å². The van der Waals surface area contributed by atoms with Gasteiger partial charge in [0.05, 0.1) is 0 Å². The number of hydrogen-bond donors (Lipinski definition) is 2. The number of carboxylic acid groups (broad SMARTS) is 1. The molecule has 0 fully saturated rings. The summed E-state index contributed by atoms with van der Waals surface area (Å²) in [4.78, 5) is 26.1. The first kappa shape index (κ1) is 10.6. The van der Waals surface area contributed by atoms with Crippen molar-refractivity contribution in [1.82, 2.24) is 10.4 Å². The van der Waals surface area contributed by atoms with Gasteiger partial charge >= 0.3 is 5.97 Å². The van der Waals surface area contributed by atoms with Crippen molar-refractivity contribution in [2.45, 2.75) is 13.0 Å². The van der Waals surface area contributed by atoms with Crippen molar-refractivity contribution in [2.24, 2.45) is 0 Å². The minimum absolute atomic E-state index is 0.0675. The summed E-state index contributed by atoms with van der Waals surface area (Å²) in [6, 6.07) is 2.99. The topological polar surface area (TPSA) is 82.5 Å². The van der Waals surface area contributed by atoms with E-state index in [1.54, 1.807) is 18.3 Å². The molecule has 0 spiro atoms. The van der Waals surface area contributed by atoms with Crippen LogP contribution in [0.2, 0.25) is 0 Å². The molecule has 0 saturated heterocycles. The molecule has 2 heterocycles. The highest BCUT2D eigenvalue weighted by Gasteiger charge is 2.32. The fourth-order valence-corrected chi connectivity index (χ4v) is 1.71. The highest BCUT2D eigenvalue weighted by Crippen LogP contribution is 2.30. The molecule has 6 nitrogen and oxygen atoms in total. The van der Waals surface area contributed by atoms with E-state index in [-0.39, 0.29) is 12.3 Å². The predicted molar refractivity (Wildman–Crippen MR) is 55.8 cm³/mol. The van der Waals surface area contributed by atoms with Crippen LogP contribution in [0.4, 0.5) is 5.82 Å². The van der Waals surface area contributed by atoms with Crippen LogP contribution in [0.1, 0.15) is 18.5 Å². The van der Waals surface area contributed by atoms with Crippen LogP contribution in [0.25, 0.3) is 0 Å². The second-order valence-corrected chi connectivity index (χ2v) is 3.57. The molecule has 1 aliphatic heterocycles. The second kappa shape index (κ2) is 3.90. The molecule has 0 bridgehead atoms. The lowest BCUT2D eigenvalue weighted by atomic mass is 10.1. The van der Waals surface area contributed by atoms with Gasteiger partial charge in [-0.05, 0) is 13.0 Å². The third kappa shape index (κ3) is 1.74. The molecule has 16 heavy (non-hydrogen) atoms. The second-order valence-electron chi connectivity index (χ2n) is 3.57. The number of nitrogens with zero attached hydrogens (tertiary/aromatic N) is 2.